The van der Waals surface area contributed by atoms with E-state index in [0.29, 0.717) is 11.1 Å². The van der Waals surface area contributed by atoms with E-state index in [9.17, 15) is 13.6 Å². The van der Waals surface area contributed by atoms with E-state index in [1.54, 1.807) is 7.05 Å². The molecule has 0 saturated carbocycles. The Kier molecular flexibility index (Phi) is 3.89. The van der Waals surface area contributed by atoms with Crippen LogP contribution in [0.4, 0.5) is 8.78 Å². The first-order valence-corrected chi connectivity index (χ1v) is 5.66. The van der Waals surface area contributed by atoms with E-state index in [1.165, 1.54) is 29.2 Å². The van der Waals surface area contributed by atoms with Gasteiger partial charge in [-0.2, -0.15) is 5.10 Å². The first-order chi connectivity index (χ1) is 9.06. The van der Waals surface area contributed by atoms with Crippen LogP contribution in [0, 0.1) is 11.6 Å². The fourth-order valence-corrected chi connectivity index (χ4v) is 1.59. The molecule has 1 aromatic heterocycles. The molecule has 0 N–H and O–H groups in total. The summed E-state index contributed by atoms with van der Waals surface area (Å²) < 4.78 is 32.5. The van der Waals surface area contributed by atoms with Gasteiger partial charge >= 0.3 is 5.97 Å². The molecule has 100 valence electrons. The van der Waals surface area contributed by atoms with Crippen LogP contribution in [-0.2, 0) is 18.2 Å². The van der Waals surface area contributed by atoms with Gasteiger partial charge in [0.05, 0.1) is 18.4 Å². The van der Waals surface area contributed by atoms with Gasteiger partial charge in [0.2, 0.25) is 0 Å². The molecule has 0 aliphatic heterocycles. The number of hydrogen-bond acceptors (Lipinski definition) is 3. The first kappa shape index (κ1) is 13.2. The van der Waals surface area contributed by atoms with Gasteiger partial charge in [-0.25, -0.2) is 13.6 Å². The minimum Gasteiger partial charge on any atom is -0.462 e. The van der Waals surface area contributed by atoms with E-state index in [0.717, 1.165) is 6.07 Å². The molecule has 0 fully saturated rings. The average molecular weight is 266 g/mol. The minimum atomic E-state index is -0.641. The van der Waals surface area contributed by atoms with Crippen molar-refractivity contribution in [3.05, 3.63) is 53.4 Å². The Morgan fingerprint density at radius 1 is 1.42 bits per heavy atom. The zero-order valence-electron chi connectivity index (χ0n) is 10.3. The molecule has 19 heavy (non-hydrogen) atoms. The van der Waals surface area contributed by atoms with Gasteiger partial charge in [-0.3, -0.25) is 4.68 Å². The van der Waals surface area contributed by atoms with E-state index in [4.69, 9.17) is 4.74 Å². The summed E-state index contributed by atoms with van der Waals surface area (Å²) in [5.74, 6) is -1.79. The lowest BCUT2D eigenvalue weighted by molar-refractivity contribution is 0.0508. The predicted molar refractivity (Wildman–Crippen MR) is 63.6 cm³/mol. The molecule has 1 aromatic carbocycles. The number of hydrogen-bond donors (Lipinski definition) is 0. The van der Waals surface area contributed by atoms with Crippen LogP contribution in [0.5, 0.6) is 0 Å². The second-order valence-electron chi connectivity index (χ2n) is 4.02. The molecule has 2 rings (SSSR count). The molecule has 0 spiro atoms. The lowest BCUT2D eigenvalue weighted by Gasteiger charge is -2.04. The van der Waals surface area contributed by atoms with Crippen molar-refractivity contribution in [2.45, 2.75) is 6.42 Å². The third kappa shape index (κ3) is 3.37. The summed E-state index contributed by atoms with van der Waals surface area (Å²) in [6.45, 7) is 0.0241. The Bertz CT molecular complexity index is 596. The van der Waals surface area contributed by atoms with Gasteiger partial charge in [0, 0.05) is 25.7 Å². The highest BCUT2D eigenvalue weighted by Gasteiger charge is 2.10. The van der Waals surface area contributed by atoms with Crippen molar-refractivity contribution >= 4 is 5.97 Å². The van der Waals surface area contributed by atoms with E-state index in [2.05, 4.69) is 5.10 Å². The summed E-state index contributed by atoms with van der Waals surface area (Å²) in [6.07, 6.45) is 3.11. The van der Waals surface area contributed by atoms with Crippen LogP contribution in [-0.4, -0.2) is 22.4 Å². The number of rotatable bonds is 4. The molecule has 6 heteroatoms. The van der Waals surface area contributed by atoms with Gasteiger partial charge < -0.3 is 4.74 Å². The number of aryl methyl sites for hydroxylation is 1. The molecule has 1 heterocycles. The zero-order valence-corrected chi connectivity index (χ0v) is 10.3. The maximum Gasteiger partial charge on any atom is 0.341 e. The van der Waals surface area contributed by atoms with Crippen LogP contribution >= 0.6 is 0 Å². The molecule has 4 nitrogen and oxygen atoms in total. The van der Waals surface area contributed by atoms with Gasteiger partial charge in [-0.15, -0.1) is 0 Å². The van der Waals surface area contributed by atoms with Crippen LogP contribution in [0.2, 0.25) is 0 Å². The number of aromatic nitrogens is 2. The quantitative estimate of drug-likeness (QED) is 0.796. The van der Waals surface area contributed by atoms with Crippen molar-refractivity contribution in [2.75, 3.05) is 6.61 Å². The van der Waals surface area contributed by atoms with Crippen LogP contribution < -0.4 is 0 Å². The Morgan fingerprint density at radius 2 is 2.21 bits per heavy atom. The average Bonchev–Trinajstić information content (AvgIpc) is 2.78. The second-order valence-corrected chi connectivity index (χ2v) is 4.02. The number of halogens is 2. The Morgan fingerprint density at radius 3 is 2.84 bits per heavy atom. The molecule has 0 saturated heterocycles. The third-order valence-corrected chi connectivity index (χ3v) is 2.56. The summed E-state index contributed by atoms with van der Waals surface area (Å²) in [6, 6.07) is 3.31. The lowest BCUT2D eigenvalue weighted by Crippen LogP contribution is -2.08. The van der Waals surface area contributed by atoms with E-state index < -0.39 is 17.6 Å². The molecule has 0 aliphatic carbocycles. The molecule has 0 aliphatic rings. The summed E-state index contributed by atoms with van der Waals surface area (Å²) in [4.78, 5) is 11.6. The van der Waals surface area contributed by atoms with Crippen molar-refractivity contribution in [1.82, 2.24) is 9.78 Å². The fraction of sp³-hybridized carbons (Fsp3) is 0.231. The topological polar surface area (TPSA) is 44.1 Å². The lowest BCUT2D eigenvalue weighted by atomic mass is 10.1. The fourth-order valence-electron chi connectivity index (χ4n) is 1.59. The highest BCUT2D eigenvalue weighted by atomic mass is 19.1. The van der Waals surface area contributed by atoms with E-state index in [-0.39, 0.29) is 13.0 Å². The van der Waals surface area contributed by atoms with Crippen molar-refractivity contribution < 1.29 is 18.3 Å². The van der Waals surface area contributed by atoms with Gasteiger partial charge in [-0.05, 0) is 11.6 Å². The molecule has 0 unspecified atom stereocenters. The standard InChI is InChI=1S/C13H12F2N2O2/c1-17-8-10(7-16-17)13(18)19-5-4-9-2-3-11(14)6-12(9)15/h2-3,6-8H,4-5H2,1H3. The van der Waals surface area contributed by atoms with Crippen molar-refractivity contribution in [1.29, 1.82) is 0 Å². The molecule has 0 amide bonds. The highest BCUT2D eigenvalue weighted by Crippen LogP contribution is 2.10. The van der Waals surface area contributed by atoms with Gasteiger partial charge in [0.15, 0.2) is 0 Å². The summed E-state index contributed by atoms with van der Waals surface area (Å²) in [7, 11) is 1.69. The van der Waals surface area contributed by atoms with Crippen molar-refractivity contribution in [2.24, 2.45) is 7.05 Å². The van der Waals surface area contributed by atoms with Crippen LogP contribution in [0.25, 0.3) is 0 Å². The van der Waals surface area contributed by atoms with E-state index in [1.807, 2.05) is 0 Å². The van der Waals surface area contributed by atoms with Crippen LogP contribution in [0.15, 0.2) is 30.6 Å². The molecule has 0 atom stereocenters. The van der Waals surface area contributed by atoms with Gasteiger partial charge in [-0.1, -0.05) is 6.07 Å². The number of ether oxygens (including phenoxy) is 1. The van der Waals surface area contributed by atoms with E-state index >= 15 is 0 Å². The Labute approximate surface area is 108 Å². The molecule has 2 aromatic rings. The molecular formula is C13H12F2N2O2. The Balaban J connectivity index is 1.88. The monoisotopic (exact) mass is 266 g/mol. The summed E-state index contributed by atoms with van der Waals surface area (Å²) in [5.41, 5.74) is 0.641. The number of nitrogens with zero attached hydrogens (tertiary/aromatic N) is 2. The van der Waals surface area contributed by atoms with Crippen LogP contribution in [0.3, 0.4) is 0 Å². The number of esters is 1. The zero-order chi connectivity index (χ0) is 13.8. The summed E-state index contributed by atoms with van der Waals surface area (Å²) in [5, 5.41) is 3.84. The molecular weight excluding hydrogens is 254 g/mol. The van der Waals surface area contributed by atoms with Crippen molar-refractivity contribution in [3.8, 4) is 0 Å². The second kappa shape index (κ2) is 5.60. The first-order valence-electron chi connectivity index (χ1n) is 5.66. The maximum atomic E-state index is 13.3. The normalized spacial score (nSPS) is 10.5. The van der Waals surface area contributed by atoms with Gasteiger partial charge in [0.1, 0.15) is 11.6 Å². The maximum absolute atomic E-state index is 13.3. The smallest absolute Gasteiger partial charge is 0.341 e. The Hall–Kier alpha value is -2.24. The largest absolute Gasteiger partial charge is 0.462 e. The van der Waals surface area contributed by atoms with Gasteiger partial charge in [0.25, 0.3) is 0 Å². The SMILES string of the molecule is Cn1cc(C(=O)OCCc2ccc(F)cc2F)cn1. The minimum absolute atomic E-state index is 0.0241. The third-order valence-electron chi connectivity index (χ3n) is 2.56. The number of carbonyl (C=O) groups excluding carboxylic acids is 1. The predicted octanol–water partition coefficient (Wildman–Crippen LogP) is 2.10. The molecule has 0 bridgehead atoms. The van der Waals surface area contributed by atoms with Crippen LogP contribution in [0.1, 0.15) is 15.9 Å². The molecule has 0 radical (unpaired) electrons. The summed E-state index contributed by atoms with van der Waals surface area (Å²) >= 11 is 0. The van der Waals surface area contributed by atoms with Crippen molar-refractivity contribution in [3.63, 3.8) is 0 Å². The number of carbonyl (C=O) groups is 1. The highest BCUT2D eigenvalue weighted by molar-refractivity contribution is 5.88. The number of benzene rings is 1.